The summed E-state index contributed by atoms with van der Waals surface area (Å²) in [6.07, 6.45) is 0. The van der Waals surface area contributed by atoms with Crippen LogP contribution in [0, 0.1) is 0 Å². The van der Waals surface area contributed by atoms with Gasteiger partial charge in [-0.25, -0.2) is 15.0 Å². The highest BCUT2D eigenvalue weighted by atomic mass is 16.3. The van der Waals surface area contributed by atoms with E-state index in [2.05, 4.69) is 142 Å². The highest BCUT2D eigenvalue weighted by molar-refractivity contribution is 6.30. The maximum absolute atomic E-state index is 6.19. The Labute approximate surface area is 302 Å². The van der Waals surface area contributed by atoms with Gasteiger partial charge in [0.25, 0.3) is 0 Å². The van der Waals surface area contributed by atoms with Crippen LogP contribution in [0.1, 0.15) is 0 Å². The summed E-state index contributed by atoms with van der Waals surface area (Å²) < 4.78 is 10.8. The molecule has 6 heteroatoms. The third-order valence-electron chi connectivity index (χ3n) is 10.7. The molecule has 53 heavy (non-hydrogen) atoms. The molecule has 0 amide bonds. The number of benzene rings is 7. The van der Waals surface area contributed by atoms with E-state index in [1.807, 2.05) is 30.3 Å². The summed E-state index contributed by atoms with van der Waals surface area (Å²) >= 11 is 0. The number of aromatic nitrogens is 5. The van der Waals surface area contributed by atoms with Crippen LogP contribution < -0.4 is 0 Å². The van der Waals surface area contributed by atoms with Crippen molar-refractivity contribution >= 4 is 71.1 Å². The Morgan fingerprint density at radius 3 is 1.92 bits per heavy atom. The number of fused-ring (bicyclic) bond motifs is 6. The van der Waals surface area contributed by atoms with Crippen molar-refractivity contribution in [3.8, 4) is 39.9 Å². The van der Waals surface area contributed by atoms with Crippen LogP contribution in [-0.4, -0.2) is 23.9 Å². The summed E-state index contributed by atoms with van der Waals surface area (Å²) in [4.78, 5) is 16.0. The predicted molar refractivity (Wildman–Crippen MR) is 215 cm³/mol. The van der Waals surface area contributed by atoms with Crippen LogP contribution in [-0.2, 0) is 0 Å². The van der Waals surface area contributed by atoms with Crippen LogP contribution in [0.3, 0.4) is 0 Å². The normalized spacial score (nSPS) is 12.2. The second-order valence-electron chi connectivity index (χ2n) is 13.6. The van der Waals surface area contributed by atoms with E-state index in [4.69, 9.17) is 19.4 Å². The van der Waals surface area contributed by atoms with Gasteiger partial charge in [-0.2, -0.15) is 0 Å². The van der Waals surface area contributed by atoms with E-state index in [1.165, 1.54) is 10.8 Å². The molecule has 0 fully saturated rings. The zero-order valence-electron chi connectivity index (χ0n) is 28.2. The van der Waals surface area contributed by atoms with E-state index in [1.54, 1.807) is 0 Å². The monoisotopic (exact) mass is 677 g/mol. The molecule has 6 nitrogen and oxygen atoms in total. The van der Waals surface area contributed by atoms with Crippen molar-refractivity contribution in [2.24, 2.45) is 0 Å². The molecule has 0 aliphatic heterocycles. The van der Waals surface area contributed by atoms with Crippen molar-refractivity contribution in [2.75, 3.05) is 0 Å². The molecular weight excluding hydrogens is 651 g/mol. The predicted octanol–water partition coefficient (Wildman–Crippen LogP) is 11.9. The molecule has 0 radical (unpaired) electrons. The van der Waals surface area contributed by atoms with Gasteiger partial charge in [0.1, 0.15) is 17.0 Å². The average Bonchev–Trinajstić information content (AvgIpc) is 3.88. The first kappa shape index (κ1) is 28.4. The van der Waals surface area contributed by atoms with E-state index in [0.29, 0.717) is 5.95 Å². The summed E-state index contributed by atoms with van der Waals surface area (Å²) in [5.41, 5.74) is 11.7. The minimum absolute atomic E-state index is 0.609. The fourth-order valence-electron chi connectivity index (χ4n) is 8.38. The van der Waals surface area contributed by atoms with Crippen molar-refractivity contribution in [1.82, 2.24) is 23.9 Å². The van der Waals surface area contributed by atoms with E-state index in [9.17, 15) is 0 Å². The maximum atomic E-state index is 6.19. The molecule has 0 spiro atoms. The number of para-hydroxylation sites is 2. The Morgan fingerprint density at radius 1 is 0.415 bits per heavy atom. The zero-order chi connectivity index (χ0) is 34.6. The van der Waals surface area contributed by atoms with Gasteiger partial charge in [-0.1, -0.05) is 109 Å². The SMILES string of the molecule is c1ccc(-c2cc(-c3ccc4oc5ccccc5c4c3)nc(-n3c4cccc5c6ccccc6n6c(-c7ccccc7)nc7ccc3c(c54)c76)n2)cc1. The van der Waals surface area contributed by atoms with Crippen LogP contribution in [0.5, 0.6) is 0 Å². The fraction of sp³-hybridized carbons (Fsp3) is 0. The van der Waals surface area contributed by atoms with Crippen molar-refractivity contribution < 1.29 is 4.42 Å². The van der Waals surface area contributed by atoms with Gasteiger partial charge in [-0.05, 0) is 60.0 Å². The van der Waals surface area contributed by atoms with E-state index < -0.39 is 0 Å². The summed E-state index contributed by atoms with van der Waals surface area (Å²) in [5.74, 6) is 1.53. The fourth-order valence-corrected chi connectivity index (χ4v) is 8.38. The molecule has 0 aliphatic rings. The maximum Gasteiger partial charge on any atom is 0.235 e. The van der Waals surface area contributed by atoms with Crippen molar-refractivity contribution in [2.45, 2.75) is 0 Å². The van der Waals surface area contributed by atoms with Crippen molar-refractivity contribution in [3.05, 3.63) is 164 Å². The van der Waals surface area contributed by atoms with Gasteiger partial charge in [0.15, 0.2) is 0 Å². The topological polar surface area (TPSA) is 61.2 Å². The lowest BCUT2D eigenvalue weighted by molar-refractivity contribution is 0.669. The highest BCUT2D eigenvalue weighted by Gasteiger charge is 2.25. The zero-order valence-corrected chi connectivity index (χ0v) is 28.2. The third-order valence-corrected chi connectivity index (χ3v) is 10.7. The van der Waals surface area contributed by atoms with Crippen LogP contribution in [0.15, 0.2) is 168 Å². The van der Waals surface area contributed by atoms with Gasteiger partial charge in [0.2, 0.25) is 5.95 Å². The first-order valence-electron chi connectivity index (χ1n) is 17.8. The van der Waals surface area contributed by atoms with Crippen LogP contribution in [0.4, 0.5) is 0 Å². The average molecular weight is 678 g/mol. The molecule has 5 heterocycles. The van der Waals surface area contributed by atoms with Gasteiger partial charge in [-0.15, -0.1) is 0 Å². The van der Waals surface area contributed by atoms with Gasteiger partial charge in [-0.3, -0.25) is 8.97 Å². The largest absolute Gasteiger partial charge is 0.456 e. The summed E-state index contributed by atoms with van der Waals surface area (Å²) in [6.45, 7) is 0. The number of hydrogen-bond donors (Lipinski definition) is 0. The van der Waals surface area contributed by atoms with Crippen molar-refractivity contribution in [1.29, 1.82) is 0 Å². The molecule has 0 saturated heterocycles. The standard InChI is InChI=1S/C47H27N5O/c1-3-12-28(13-4-1)36-27-37(30-22-25-42-34(26-30)32-17-8-10-21-41(32)53-42)50-47(49-36)51-39-20-11-18-33-31-16-7-9-19-38(31)52-45-35(23-24-40(51)44(45)43(33)39)48-46(52)29-14-5-2-6-15-29/h1-27H. The molecule has 12 aromatic rings. The molecule has 0 aliphatic carbocycles. The van der Waals surface area contributed by atoms with Gasteiger partial charge < -0.3 is 4.42 Å². The Hall–Kier alpha value is -7.31. The lowest BCUT2D eigenvalue weighted by atomic mass is 10.0. The highest BCUT2D eigenvalue weighted by Crippen LogP contribution is 2.44. The lowest BCUT2D eigenvalue weighted by Gasteiger charge is -2.12. The van der Waals surface area contributed by atoms with Crippen molar-refractivity contribution in [3.63, 3.8) is 0 Å². The number of rotatable bonds is 4. The van der Waals surface area contributed by atoms with Gasteiger partial charge >= 0.3 is 0 Å². The Bertz CT molecular complexity index is 3390. The summed E-state index contributed by atoms with van der Waals surface area (Å²) in [6, 6.07) is 57.0. The minimum Gasteiger partial charge on any atom is -0.456 e. The smallest absolute Gasteiger partial charge is 0.235 e. The second kappa shape index (κ2) is 10.6. The molecule has 0 bridgehead atoms. The molecule has 0 unspecified atom stereocenters. The van der Waals surface area contributed by atoms with Gasteiger partial charge in [0, 0.05) is 43.6 Å². The molecular formula is C47H27N5O. The lowest BCUT2D eigenvalue weighted by Crippen LogP contribution is -2.04. The molecule has 246 valence electrons. The summed E-state index contributed by atoms with van der Waals surface area (Å²) in [5, 5.41) is 6.79. The number of furan rings is 1. The van der Waals surface area contributed by atoms with Crippen LogP contribution >= 0.6 is 0 Å². The molecule has 0 saturated carbocycles. The third kappa shape index (κ3) is 4.00. The number of hydrogen-bond acceptors (Lipinski definition) is 4. The van der Waals surface area contributed by atoms with Crippen LogP contribution in [0.25, 0.3) is 111 Å². The van der Waals surface area contributed by atoms with Gasteiger partial charge in [0.05, 0.1) is 39.0 Å². The first-order chi connectivity index (χ1) is 26.3. The van der Waals surface area contributed by atoms with E-state index in [-0.39, 0.29) is 0 Å². The quantitative estimate of drug-likeness (QED) is 0.186. The van der Waals surface area contributed by atoms with E-state index >= 15 is 0 Å². The Morgan fingerprint density at radius 2 is 1.08 bits per heavy atom. The molecule has 0 atom stereocenters. The van der Waals surface area contributed by atoms with E-state index in [0.717, 1.165) is 94.2 Å². The van der Waals surface area contributed by atoms with Crippen LogP contribution in [0.2, 0.25) is 0 Å². The molecule has 7 aromatic carbocycles. The molecule has 12 rings (SSSR count). The Balaban J connectivity index is 1.21. The molecule has 0 N–H and O–H groups in total. The number of imidazole rings is 1. The number of nitrogens with zero attached hydrogens (tertiary/aromatic N) is 5. The summed E-state index contributed by atoms with van der Waals surface area (Å²) in [7, 11) is 0. The second-order valence-corrected chi connectivity index (χ2v) is 13.6. The molecule has 5 aromatic heterocycles. The Kier molecular flexibility index (Phi) is 5.68. The first-order valence-corrected chi connectivity index (χ1v) is 17.8. The minimum atomic E-state index is 0.609.